The highest BCUT2D eigenvalue weighted by molar-refractivity contribution is 5.44. The molecule has 2 aliphatic carbocycles. The van der Waals surface area contributed by atoms with Crippen molar-refractivity contribution < 1.29 is 9.47 Å². The third kappa shape index (κ3) is 1.83. The summed E-state index contributed by atoms with van der Waals surface area (Å²) in [5.41, 5.74) is 2.19. The van der Waals surface area contributed by atoms with E-state index in [-0.39, 0.29) is 0 Å². The summed E-state index contributed by atoms with van der Waals surface area (Å²) in [7, 11) is 0. The molecule has 3 unspecified atom stereocenters. The van der Waals surface area contributed by atoms with Crippen LogP contribution in [0.15, 0.2) is 18.2 Å². The van der Waals surface area contributed by atoms with E-state index in [0.29, 0.717) is 23.7 Å². The quantitative estimate of drug-likeness (QED) is 0.919. The van der Waals surface area contributed by atoms with Gasteiger partial charge in [-0.25, -0.2) is 0 Å². The van der Waals surface area contributed by atoms with Crippen LogP contribution in [-0.2, 0) is 6.54 Å². The monoisotopic (exact) mass is 287 g/mol. The lowest BCUT2D eigenvalue weighted by molar-refractivity contribution is 0.120. The molecule has 2 bridgehead atoms. The molecule has 0 amide bonds. The number of benzene rings is 1. The summed E-state index contributed by atoms with van der Waals surface area (Å²) in [6.07, 6.45) is 4.10. The fraction of sp³-hybridized carbons (Fsp3) is 0.667. The van der Waals surface area contributed by atoms with Crippen molar-refractivity contribution >= 4 is 0 Å². The largest absolute Gasteiger partial charge is 0.454 e. The average molecular weight is 287 g/mol. The van der Waals surface area contributed by atoms with Crippen molar-refractivity contribution in [1.29, 1.82) is 0 Å². The first kappa shape index (κ1) is 13.4. The van der Waals surface area contributed by atoms with E-state index in [0.717, 1.165) is 24.0 Å². The average Bonchev–Trinajstić information content (AvgIpc) is 3.06. The van der Waals surface area contributed by atoms with Crippen LogP contribution in [0.5, 0.6) is 11.5 Å². The molecule has 1 aromatic rings. The molecule has 0 aromatic heterocycles. The summed E-state index contributed by atoms with van der Waals surface area (Å²) in [5, 5.41) is 3.82. The Labute approximate surface area is 127 Å². The van der Waals surface area contributed by atoms with Gasteiger partial charge in [-0.1, -0.05) is 26.8 Å². The molecule has 3 atom stereocenters. The molecule has 114 valence electrons. The molecule has 4 rings (SSSR count). The molecule has 3 nitrogen and oxygen atoms in total. The van der Waals surface area contributed by atoms with Gasteiger partial charge in [0.25, 0.3) is 0 Å². The van der Waals surface area contributed by atoms with Gasteiger partial charge in [0.15, 0.2) is 11.5 Å². The summed E-state index contributed by atoms with van der Waals surface area (Å²) >= 11 is 0. The smallest absolute Gasteiger partial charge is 0.231 e. The zero-order valence-corrected chi connectivity index (χ0v) is 13.2. The van der Waals surface area contributed by atoms with E-state index in [1.807, 2.05) is 6.07 Å². The predicted octanol–water partition coefficient (Wildman–Crippen LogP) is 3.72. The minimum atomic E-state index is 0.350. The fourth-order valence-electron chi connectivity index (χ4n) is 4.80. The van der Waals surface area contributed by atoms with Crippen LogP contribution in [0.3, 0.4) is 0 Å². The van der Waals surface area contributed by atoms with Crippen molar-refractivity contribution in [3.63, 3.8) is 0 Å². The molecule has 0 spiro atoms. The fourth-order valence-corrected chi connectivity index (χ4v) is 4.80. The molecule has 2 saturated carbocycles. The van der Waals surface area contributed by atoms with Crippen LogP contribution in [0.2, 0.25) is 0 Å². The van der Waals surface area contributed by atoms with Crippen molar-refractivity contribution in [2.45, 2.75) is 52.6 Å². The second-order valence-electron chi connectivity index (χ2n) is 7.73. The van der Waals surface area contributed by atoms with E-state index in [1.54, 1.807) is 0 Å². The maximum Gasteiger partial charge on any atom is 0.231 e. The Morgan fingerprint density at radius 1 is 1.19 bits per heavy atom. The van der Waals surface area contributed by atoms with Gasteiger partial charge in [0.05, 0.1) is 0 Å². The van der Waals surface area contributed by atoms with Crippen molar-refractivity contribution in [3.8, 4) is 11.5 Å². The number of rotatable bonds is 3. The van der Waals surface area contributed by atoms with Gasteiger partial charge < -0.3 is 14.8 Å². The Kier molecular flexibility index (Phi) is 2.81. The normalized spacial score (nSPS) is 35.4. The van der Waals surface area contributed by atoms with E-state index in [9.17, 15) is 0 Å². The summed E-state index contributed by atoms with van der Waals surface area (Å²) in [5.74, 6) is 2.64. The molecule has 1 aromatic carbocycles. The molecule has 0 saturated heterocycles. The van der Waals surface area contributed by atoms with Gasteiger partial charge in [0.2, 0.25) is 6.79 Å². The first-order valence-electron chi connectivity index (χ1n) is 8.13. The topological polar surface area (TPSA) is 30.5 Å². The van der Waals surface area contributed by atoms with Crippen molar-refractivity contribution in [2.75, 3.05) is 6.79 Å². The van der Waals surface area contributed by atoms with Gasteiger partial charge in [0, 0.05) is 12.6 Å². The minimum Gasteiger partial charge on any atom is -0.454 e. The highest BCUT2D eigenvalue weighted by Crippen LogP contribution is 2.65. The number of fused-ring (bicyclic) bond motifs is 3. The van der Waals surface area contributed by atoms with Gasteiger partial charge in [-0.15, -0.1) is 0 Å². The molecule has 3 aliphatic rings. The van der Waals surface area contributed by atoms with Gasteiger partial charge in [-0.3, -0.25) is 0 Å². The Morgan fingerprint density at radius 2 is 2.00 bits per heavy atom. The van der Waals surface area contributed by atoms with E-state index >= 15 is 0 Å². The summed E-state index contributed by atoms with van der Waals surface area (Å²) in [6, 6.07) is 6.90. The number of hydrogen-bond donors (Lipinski definition) is 1. The van der Waals surface area contributed by atoms with Crippen LogP contribution in [0.1, 0.15) is 45.6 Å². The van der Waals surface area contributed by atoms with Crippen LogP contribution in [0.4, 0.5) is 0 Å². The highest BCUT2D eigenvalue weighted by Gasteiger charge is 2.60. The predicted molar refractivity (Wildman–Crippen MR) is 82.4 cm³/mol. The standard InChI is InChI=1S/C18H25NO2/c1-17(2)13-6-7-18(17,3)16(9-13)19-10-12-4-5-14-15(8-12)21-11-20-14/h4-5,8,13,16,19H,6-7,9-11H2,1-3H3. The van der Waals surface area contributed by atoms with Crippen LogP contribution >= 0.6 is 0 Å². The first-order valence-corrected chi connectivity index (χ1v) is 8.13. The van der Waals surface area contributed by atoms with Gasteiger partial charge in [-0.2, -0.15) is 0 Å². The highest BCUT2D eigenvalue weighted by atomic mass is 16.7. The van der Waals surface area contributed by atoms with Crippen LogP contribution in [-0.4, -0.2) is 12.8 Å². The van der Waals surface area contributed by atoms with E-state index in [2.05, 4.69) is 38.2 Å². The van der Waals surface area contributed by atoms with E-state index < -0.39 is 0 Å². The number of ether oxygens (including phenoxy) is 2. The molecular formula is C18H25NO2. The third-order valence-corrected chi connectivity index (χ3v) is 6.78. The Hall–Kier alpha value is -1.22. The minimum absolute atomic E-state index is 0.350. The van der Waals surface area contributed by atoms with Crippen LogP contribution < -0.4 is 14.8 Å². The van der Waals surface area contributed by atoms with Crippen LogP contribution in [0, 0.1) is 16.7 Å². The Morgan fingerprint density at radius 3 is 2.71 bits per heavy atom. The van der Waals surface area contributed by atoms with E-state index in [1.165, 1.54) is 24.8 Å². The molecular weight excluding hydrogens is 262 g/mol. The zero-order valence-electron chi connectivity index (χ0n) is 13.2. The van der Waals surface area contributed by atoms with Gasteiger partial charge in [-0.05, 0) is 53.7 Å². The SMILES string of the molecule is CC1(C)C2CCC1(C)C(NCc1ccc3c(c1)OCO3)C2. The Balaban J connectivity index is 1.46. The third-order valence-electron chi connectivity index (χ3n) is 6.78. The van der Waals surface area contributed by atoms with Crippen molar-refractivity contribution in [3.05, 3.63) is 23.8 Å². The maximum absolute atomic E-state index is 5.46. The molecule has 1 heterocycles. The van der Waals surface area contributed by atoms with Gasteiger partial charge in [0.1, 0.15) is 0 Å². The van der Waals surface area contributed by atoms with Gasteiger partial charge >= 0.3 is 0 Å². The lowest BCUT2D eigenvalue weighted by Gasteiger charge is -2.39. The molecule has 1 N–H and O–H groups in total. The second kappa shape index (κ2) is 4.39. The van der Waals surface area contributed by atoms with E-state index in [4.69, 9.17) is 9.47 Å². The summed E-state index contributed by atoms with van der Waals surface area (Å²) in [6.45, 7) is 8.68. The van der Waals surface area contributed by atoms with Crippen molar-refractivity contribution in [1.82, 2.24) is 5.32 Å². The zero-order chi connectivity index (χ0) is 14.7. The molecule has 2 fully saturated rings. The van der Waals surface area contributed by atoms with Crippen LogP contribution in [0.25, 0.3) is 0 Å². The molecule has 21 heavy (non-hydrogen) atoms. The summed E-state index contributed by atoms with van der Waals surface area (Å²) < 4.78 is 10.8. The Bertz CT molecular complexity index is 568. The lowest BCUT2D eigenvalue weighted by atomic mass is 9.69. The number of nitrogens with one attached hydrogen (secondary N) is 1. The molecule has 1 aliphatic heterocycles. The molecule has 0 radical (unpaired) electrons. The lowest BCUT2D eigenvalue weighted by Crippen LogP contribution is -2.44. The van der Waals surface area contributed by atoms with Crippen molar-refractivity contribution in [2.24, 2.45) is 16.7 Å². The molecule has 3 heteroatoms. The second-order valence-corrected chi connectivity index (χ2v) is 7.73. The first-order chi connectivity index (χ1) is 10.0. The summed E-state index contributed by atoms with van der Waals surface area (Å²) in [4.78, 5) is 0. The number of hydrogen-bond acceptors (Lipinski definition) is 3. The maximum atomic E-state index is 5.46.